The first-order chi connectivity index (χ1) is 7.27. The number of aromatic nitrogens is 2. The number of imidazole rings is 1. The second-order valence-electron chi connectivity index (χ2n) is 2.86. The number of carbonyl (C=O) groups is 1. The van der Waals surface area contributed by atoms with Crippen LogP contribution in [0.1, 0.15) is 15.4 Å². The smallest absolute Gasteiger partial charge is 0.262 e. The molecule has 0 aliphatic rings. The van der Waals surface area contributed by atoms with Crippen molar-refractivity contribution in [3.05, 3.63) is 39.0 Å². The number of amides is 1. The molecule has 4 nitrogen and oxygen atoms in total. The van der Waals surface area contributed by atoms with E-state index in [4.69, 9.17) is 0 Å². The lowest BCUT2D eigenvalue weighted by molar-refractivity contribution is 0.0954. The highest BCUT2D eigenvalue weighted by Crippen LogP contribution is 2.22. The monoisotopic (exact) mass is 285 g/mol. The van der Waals surface area contributed by atoms with Gasteiger partial charge in [0.2, 0.25) is 0 Å². The van der Waals surface area contributed by atoms with Crippen molar-refractivity contribution in [2.24, 2.45) is 0 Å². The lowest BCUT2D eigenvalue weighted by Gasteiger charge is -2.01. The topological polar surface area (TPSA) is 57.8 Å². The summed E-state index contributed by atoms with van der Waals surface area (Å²) in [4.78, 5) is 19.1. The van der Waals surface area contributed by atoms with Gasteiger partial charge in [0.1, 0.15) is 4.88 Å². The van der Waals surface area contributed by atoms with Crippen molar-refractivity contribution in [3.63, 3.8) is 0 Å². The SMILES string of the molecule is O=C(NCc1cnc[nH]1)c1sccc1Br. The predicted octanol–water partition coefficient (Wildman–Crippen LogP) is 2.16. The summed E-state index contributed by atoms with van der Waals surface area (Å²) in [5.41, 5.74) is 0.885. The summed E-state index contributed by atoms with van der Waals surface area (Å²) in [5, 5.41) is 4.67. The van der Waals surface area contributed by atoms with Gasteiger partial charge in [-0.3, -0.25) is 4.79 Å². The number of carbonyl (C=O) groups excluding carboxylic acids is 1. The molecule has 2 rings (SSSR count). The fourth-order valence-electron chi connectivity index (χ4n) is 1.09. The van der Waals surface area contributed by atoms with Gasteiger partial charge in [-0.05, 0) is 27.4 Å². The van der Waals surface area contributed by atoms with Crippen LogP contribution in [0.25, 0.3) is 0 Å². The number of hydrogen-bond acceptors (Lipinski definition) is 3. The molecular weight excluding hydrogens is 278 g/mol. The van der Waals surface area contributed by atoms with Crippen molar-refractivity contribution >= 4 is 33.2 Å². The predicted molar refractivity (Wildman–Crippen MR) is 61.8 cm³/mol. The minimum atomic E-state index is -0.0773. The van der Waals surface area contributed by atoms with Crippen LogP contribution in [0, 0.1) is 0 Å². The van der Waals surface area contributed by atoms with Crippen LogP contribution < -0.4 is 5.32 Å². The number of thiophene rings is 1. The number of nitrogens with zero attached hydrogens (tertiary/aromatic N) is 1. The van der Waals surface area contributed by atoms with E-state index in [1.54, 1.807) is 12.5 Å². The molecule has 6 heteroatoms. The van der Waals surface area contributed by atoms with Crippen LogP contribution in [-0.4, -0.2) is 15.9 Å². The van der Waals surface area contributed by atoms with Gasteiger partial charge < -0.3 is 10.3 Å². The lowest BCUT2D eigenvalue weighted by atomic mass is 10.4. The van der Waals surface area contributed by atoms with Gasteiger partial charge in [-0.25, -0.2) is 4.98 Å². The molecule has 2 heterocycles. The highest BCUT2D eigenvalue weighted by atomic mass is 79.9. The Balaban J connectivity index is 1.96. The molecule has 0 saturated carbocycles. The van der Waals surface area contributed by atoms with E-state index in [1.165, 1.54) is 11.3 Å². The minimum absolute atomic E-state index is 0.0773. The Bertz CT molecular complexity index is 452. The Morgan fingerprint density at radius 1 is 1.67 bits per heavy atom. The number of rotatable bonds is 3. The zero-order chi connectivity index (χ0) is 10.7. The first-order valence-electron chi connectivity index (χ1n) is 4.26. The average molecular weight is 286 g/mol. The van der Waals surface area contributed by atoms with Gasteiger partial charge in [0.05, 0.1) is 18.6 Å². The maximum absolute atomic E-state index is 11.7. The van der Waals surface area contributed by atoms with E-state index >= 15 is 0 Å². The molecule has 0 atom stereocenters. The first kappa shape index (κ1) is 10.4. The molecule has 0 aliphatic heterocycles. The van der Waals surface area contributed by atoms with Gasteiger partial charge in [0.15, 0.2) is 0 Å². The highest BCUT2D eigenvalue weighted by molar-refractivity contribution is 9.10. The Morgan fingerprint density at radius 3 is 3.13 bits per heavy atom. The zero-order valence-corrected chi connectivity index (χ0v) is 10.1. The minimum Gasteiger partial charge on any atom is -0.347 e. The summed E-state index contributed by atoms with van der Waals surface area (Å²) in [6, 6.07) is 1.86. The fourth-order valence-corrected chi connectivity index (χ4v) is 2.56. The van der Waals surface area contributed by atoms with Crippen molar-refractivity contribution in [1.82, 2.24) is 15.3 Å². The quantitative estimate of drug-likeness (QED) is 0.908. The van der Waals surface area contributed by atoms with Gasteiger partial charge in [-0.2, -0.15) is 0 Å². The molecule has 2 N–H and O–H groups in total. The van der Waals surface area contributed by atoms with Crippen molar-refractivity contribution in [1.29, 1.82) is 0 Å². The summed E-state index contributed by atoms with van der Waals surface area (Å²) in [6.45, 7) is 0.461. The molecule has 0 aromatic carbocycles. The van der Waals surface area contributed by atoms with Gasteiger partial charge in [-0.15, -0.1) is 11.3 Å². The van der Waals surface area contributed by atoms with E-state index in [0.29, 0.717) is 11.4 Å². The largest absolute Gasteiger partial charge is 0.347 e. The van der Waals surface area contributed by atoms with Crippen LogP contribution in [0.15, 0.2) is 28.4 Å². The molecule has 0 aliphatic carbocycles. The molecule has 0 radical (unpaired) electrons. The third-order valence-corrected chi connectivity index (χ3v) is 3.65. The summed E-state index contributed by atoms with van der Waals surface area (Å²) in [7, 11) is 0. The van der Waals surface area contributed by atoms with Crippen LogP contribution in [0.3, 0.4) is 0 Å². The number of hydrogen-bond donors (Lipinski definition) is 2. The Hall–Kier alpha value is -1.14. The summed E-state index contributed by atoms with van der Waals surface area (Å²) in [5.74, 6) is -0.0773. The molecule has 15 heavy (non-hydrogen) atoms. The van der Waals surface area contributed by atoms with Crippen LogP contribution in [0.4, 0.5) is 0 Å². The normalized spacial score (nSPS) is 10.2. The lowest BCUT2D eigenvalue weighted by Crippen LogP contribution is -2.22. The van der Waals surface area contributed by atoms with Gasteiger partial charge >= 0.3 is 0 Å². The molecule has 0 bridgehead atoms. The van der Waals surface area contributed by atoms with Crippen molar-refractivity contribution in [2.45, 2.75) is 6.54 Å². The van der Waals surface area contributed by atoms with Crippen molar-refractivity contribution in [2.75, 3.05) is 0 Å². The fraction of sp³-hybridized carbons (Fsp3) is 0.111. The molecule has 78 valence electrons. The van der Waals surface area contributed by atoms with E-state index in [2.05, 4.69) is 31.2 Å². The Morgan fingerprint density at radius 2 is 2.53 bits per heavy atom. The van der Waals surface area contributed by atoms with Crippen LogP contribution in [-0.2, 0) is 6.54 Å². The van der Waals surface area contributed by atoms with Crippen molar-refractivity contribution in [3.8, 4) is 0 Å². The summed E-state index contributed by atoms with van der Waals surface area (Å²) in [6.07, 6.45) is 3.27. The van der Waals surface area contributed by atoms with Crippen LogP contribution in [0.2, 0.25) is 0 Å². The number of nitrogens with one attached hydrogen (secondary N) is 2. The molecule has 0 spiro atoms. The van der Waals surface area contributed by atoms with Gasteiger partial charge in [0.25, 0.3) is 5.91 Å². The standard InChI is InChI=1S/C9H8BrN3OS/c10-7-1-2-15-8(7)9(14)12-4-6-3-11-5-13-6/h1-3,5H,4H2,(H,11,13)(H,12,14). The van der Waals surface area contributed by atoms with Gasteiger partial charge in [0, 0.05) is 10.7 Å². The highest BCUT2D eigenvalue weighted by Gasteiger charge is 2.10. The van der Waals surface area contributed by atoms with E-state index in [9.17, 15) is 4.79 Å². The summed E-state index contributed by atoms with van der Waals surface area (Å²) >= 11 is 4.73. The third-order valence-electron chi connectivity index (χ3n) is 1.82. The molecular formula is C9H8BrN3OS. The molecule has 2 aromatic heterocycles. The van der Waals surface area contributed by atoms with E-state index in [1.807, 2.05) is 11.4 Å². The maximum Gasteiger partial charge on any atom is 0.262 e. The molecule has 0 fully saturated rings. The number of aromatic amines is 1. The maximum atomic E-state index is 11.7. The molecule has 0 unspecified atom stereocenters. The second kappa shape index (κ2) is 4.59. The average Bonchev–Trinajstić information content (AvgIpc) is 2.84. The first-order valence-corrected chi connectivity index (χ1v) is 5.93. The number of halogens is 1. The van der Waals surface area contributed by atoms with Gasteiger partial charge in [-0.1, -0.05) is 0 Å². The number of H-pyrrole nitrogens is 1. The van der Waals surface area contributed by atoms with E-state index in [0.717, 1.165) is 10.2 Å². The second-order valence-corrected chi connectivity index (χ2v) is 4.63. The van der Waals surface area contributed by atoms with E-state index in [-0.39, 0.29) is 5.91 Å². The van der Waals surface area contributed by atoms with Crippen LogP contribution >= 0.6 is 27.3 Å². The summed E-state index contributed by atoms with van der Waals surface area (Å²) < 4.78 is 0.828. The zero-order valence-electron chi connectivity index (χ0n) is 7.66. The molecule has 0 saturated heterocycles. The van der Waals surface area contributed by atoms with Crippen molar-refractivity contribution < 1.29 is 4.79 Å². The Labute approximate surface area is 98.9 Å². The molecule has 2 aromatic rings. The third kappa shape index (κ3) is 2.45. The van der Waals surface area contributed by atoms with E-state index < -0.39 is 0 Å². The Kier molecular flexibility index (Phi) is 3.17. The van der Waals surface area contributed by atoms with Crippen LogP contribution in [0.5, 0.6) is 0 Å². The molecule has 1 amide bonds.